The topological polar surface area (TPSA) is 70.3 Å². The second-order valence-corrected chi connectivity index (χ2v) is 9.19. The van der Waals surface area contributed by atoms with Crippen LogP contribution in [0.1, 0.15) is 0 Å². The fourth-order valence-electron chi connectivity index (χ4n) is 2.24. The maximum atomic E-state index is 12.7. The molecule has 0 heterocycles. The molecule has 4 nitrogen and oxygen atoms in total. The summed E-state index contributed by atoms with van der Waals surface area (Å²) in [7, 11) is -6.75. The number of sulfonamides is 1. The van der Waals surface area contributed by atoms with E-state index in [1.165, 1.54) is 12.1 Å². The second kappa shape index (κ2) is 6.59. The van der Waals surface area contributed by atoms with E-state index < -0.39 is 19.6 Å². The summed E-state index contributed by atoms with van der Waals surface area (Å²) in [5, 5.41) is 0. The summed E-state index contributed by atoms with van der Waals surface area (Å²) >= 11 is 0. The van der Waals surface area contributed by atoms with E-state index in [1.54, 1.807) is 66.7 Å². The highest BCUT2D eigenvalue weighted by molar-refractivity contribution is 8.04. The lowest BCUT2D eigenvalue weighted by Crippen LogP contribution is -2.06. The Balaban J connectivity index is 2.30. The van der Waals surface area contributed by atoms with Crippen molar-refractivity contribution < 1.29 is 8.42 Å². The Morgan fingerprint density at radius 3 is 1.29 bits per heavy atom. The van der Waals surface area contributed by atoms with Crippen molar-refractivity contribution in [1.82, 2.24) is 0 Å². The van der Waals surface area contributed by atoms with Gasteiger partial charge in [0.1, 0.15) is 0 Å². The average Bonchev–Trinajstić information content (AvgIpc) is 2.63. The number of hydrogen-bond acceptors (Lipinski definition) is 3. The molecule has 3 aromatic rings. The molecular formula is C18H16N2O2S2. The summed E-state index contributed by atoms with van der Waals surface area (Å²) in [5.41, 5.74) is 0. The molecule has 0 radical (unpaired) electrons. The molecule has 0 bridgehead atoms. The lowest BCUT2D eigenvalue weighted by atomic mass is 10.4. The molecule has 0 atom stereocenters. The number of benzene rings is 3. The van der Waals surface area contributed by atoms with Gasteiger partial charge in [-0.15, -0.1) is 3.77 Å². The van der Waals surface area contributed by atoms with Crippen molar-refractivity contribution in [2.45, 2.75) is 14.7 Å². The zero-order valence-electron chi connectivity index (χ0n) is 12.7. The zero-order chi connectivity index (χ0) is 17.0. The van der Waals surface area contributed by atoms with Crippen LogP contribution in [0.4, 0.5) is 0 Å². The van der Waals surface area contributed by atoms with E-state index in [0.29, 0.717) is 9.79 Å². The van der Waals surface area contributed by atoms with Gasteiger partial charge >= 0.3 is 0 Å². The maximum Gasteiger partial charge on any atom is 0.289 e. The first-order chi connectivity index (χ1) is 11.5. The molecule has 3 rings (SSSR count). The van der Waals surface area contributed by atoms with Crippen molar-refractivity contribution in [3.05, 3.63) is 91.0 Å². The Hall–Kier alpha value is -2.44. The van der Waals surface area contributed by atoms with Gasteiger partial charge in [-0.2, -0.15) is 8.42 Å². The predicted octanol–water partition coefficient (Wildman–Crippen LogP) is 4.59. The van der Waals surface area contributed by atoms with E-state index in [-0.39, 0.29) is 4.90 Å². The monoisotopic (exact) mass is 356 g/mol. The molecule has 0 aliphatic heterocycles. The molecule has 0 saturated heterocycles. The van der Waals surface area contributed by atoms with E-state index in [2.05, 4.69) is 3.77 Å². The SMILES string of the molecule is N=S(=NS(=O)(=O)c1ccccc1)(c1ccccc1)c1ccccc1. The Bertz CT molecular complexity index is 994. The summed E-state index contributed by atoms with van der Waals surface area (Å²) in [4.78, 5) is 1.26. The Morgan fingerprint density at radius 2 is 0.917 bits per heavy atom. The van der Waals surface area contributed by atoms with Gasteiger partial charge in [-0.1, -0.05) is 54.6 Å². The molecule has 0 fully saturated rings. The normalized spacial score (nSPS) is 11.8. The summed E-state index contributed by atoms with van der Waals surface area (Å²) in [6.07, 6.45) is 0. The van der Waals surface area contributed by atoms with Gasteiger partial charge in [-0.25, -0.2) is 0 Å². The molecular weight excluding hydrogens is 340 g/mol. The Kier molecular flexibility index (Phi) is 4.51. The van der Waals surface area contributed by atoms with Crippen molar-refractivity contribution in [1.29, 1.82) is 4.78 Å². The molecule has 24 heavy (non-hydrogen) atoms. The van der Waals surface area contributed by atoms with Gasteiger partial charge in [-0.3, -0.25) is 4.78 Å². The van der Waals surface area contributed by atoms with Gasteiger partial charge in [0.05, 0.1) is 4.90 Å². The van der Waals surface area contributed by atoms with Crippen LogP contribution < -0.4 is 0 Å². The maximum absolute atomic E-state index is 12.7. The molecule has 0 amide bonds. The first-order valence-electron chi connectivity index (χ1n) is 7.25. The minimum atomic E-state index is -3.94. The van der Waals surface area contributed by atoms with Crippen LogP contribution in [0.5, 0.6) is 0 Å². The van der Waals surface area contributed by atoms with Crippen LogP contribution in [0.25, 0.3) is 0 Å². The molecule has 3 aromatic carbocycles. The van der Waals surface area contributed by atoms with Gasteiger partial charge < -0.3 is 0 Å². The van der Waals surface area contributed by atoms with Crippen molar-refractivity contribution in [3.8, 4) is 0 Å². The smallest absolute Gasteiger partial charge is 0.260 e. The largest absolute Gasteiger partial charge is 0.289 e. The van der Waals surface area contributed by atoms with Crippen molar-refractivity contribution >= 4 is 19.6 Å². The highest BCUT2D eigenvalue weighted by atomic mass is 32.3. The Morgan fingerprint density at radius 1 is 0.583 bits per heavy atom. The van der Waals surface area contributed by atoms with Crippen LogP contribution >= 0.6 is 0 Å². The number of hydrogen-bond donors (Lipinski definition) is 1. The average molecular weight is 356 g/mol. The van der Waals surface area contributed by atoms with Gasteiger partial charge in [0, 0.05) is 19.4 Å². The first-order valence-corrected chi connectivity index (χ1v) is 10.3. The fourth-order valence-corrected chi connectivity index (χ4v) is 6.33. The number of nitrogens with zero attached hydrogens (tertiary/aromatic N) is 1. The molecule has 0 spiro atoms. The van der Waals surface area contributed by atoms with Crippen LogP contribution in [0.2, 0.25) is 0 Å². The van der Waals surface area contributed by atoms with Crippen LogP contribution in [-0.4, -0.2) is 8.42 Å². The second-order valence-electron chi connectivity index (χ2n) is 5.07. The quantitative estimate of drug-likeness (QED) is 0.742. The van der Waals surface area contributed by atoms with Crippen LogP contribution in [0, 0.1) is 4.78 Å². The Labute approximate surface area is 142 Å². The first kappa shape index (κ1) is 16.4. The van der Waals surface area contributed by atoms with Crippen molar-refractivity contribution in [2.75, 3.05) is 0 Å². The molecule has 0 aliphatic carbocycles. The molecule has 0 aromatic heterocycles. The third-order valence-corrected chi connectivity index (χ3v) is 7.88. The van der Waals surface area contributed by atoms with E-state index in [0.717, 1.165) is 0 Å². The molecule has 0 saturated carbocycles. The highest BCUT2D eigenvalue weighted by Gasteiger charge is 2.19. The van der Waals surface area contributed by atoms with Crippen molar-refractivity contribution in [2.24, 2.45) is 3.77 Å². The van der Waals surface area contributed by atoms with Gasteiger partial charge in [0.15, 0.2) is 0 Å². The number of rotatable bonds is 4. The van der Waals surface area contributed by atoms with E-state index in [4.69, 9.17) is 4.78 Å². The third-order valence-electron chi connectivity index (χ3n) is 3.42. The summed E-state index contributed by atoms with van der Waals surface area (Å²) < 4.78 is 38.5. The number of nitrogens with one attached hydrogen (secondary N) is 1. The summed E-state index contributed by atoms with van der Waals surface area (Å²) in [6, 6.07) is 25.9. The summed E-state index contributed by atoms with van der Waals surface area (Å²) in [5.74, 6) is 0. The zero-order valence-corrected chi connectivity index (χ0v) is 14.4. The van der Waals surface area contributed by atoms with Crippen LogP contribution in [-0.2, 0) is 19.6 Å². The lowest BCUT2D eigenvalue weighted by Gasteiger charge is -2.14. The van der Waals surface area contributed by atoms with E-state index in [9.17, 15) is 8.42 Å². The van der Waals surface area contributed by atoms with Crippen molar-refractivity contribution in [3.63, 3.8) is 0 Å². The van der Waals surface area contributed by atoms with Crippen LogP contribution in [0.3, 0.4) is 0 Å². The molecule has 0 aliphatic rings. The van der Waals surface area contributed by atoms with E-state index in [1.807, 2.05) is 12.1 Å². The van der Waals surface area contributed by atoms with Gasteiger partial charge in [-0.05, 0) is 36.4 Å². The van der Waals surface area contributed by atoms with Gasteiger partial charge in [0.25, 0.3) is 10.0 Å². The van der Waals surface area contributed by atoms with Gasteiger partial charge in [0.2, 0.25) is 0 Å². The molecule has 122 valence electrons. The predicted molar refractivity (Wildman–Crippen MR) is 95.6 cm³/mol. The van der Waals surface area contributed by atoms with E-state index >= 15 is 0 Å². The third kappa shape index (κ3) is 3.25. The minimum absolute atomic E-state index is 0.0981. The lowest BCUT2D eigenvalue weighted by molar-refractivity contribution is 0.598. The standard InChI is InChI=1S/C18H16N2O2S2/c19-23(16-10-4-1-5-11-16,17-12-6-2-7-13-17)20-24(21,22)18-14-8-3-9-15-18/h1-15,19H. The fraction of sp³-hybridized carbons (Fsp3) is 0. The molecule has 0 unspecified atom stereocenters. The highest BCUT2D eigenvalue weighted by Crippen LogP contribution is 2.27. The summed E-state index contributed by atoms with van der Waals surface area (Å²) in [6.45, 7) is 0. The van der Waals surface area contributed by atoms with Crippen LogP contribution in [0.15, 0.2) is 109 Å². The molecule has 1 N–H and O–H groups in total. The molecule has 6 heteroatoms. The minimum Gasteiger partial charge on any atom is -0.260 e.